The van der Waals surface area contributed by atoms with Gasteiger partial charge < -0.3 is 14.9 Å². The van der Waals surface area contributed by atoms with Crippen LogP contribution in [0.4, 0.5) is 4.79 Å². The number of thiazole rings is 2. The van der Waals surface area contributed by atoms with E-state index < -0.39 is 6.09 Å². The fourth-order valence-corrected chi connectivity index (χ4v) is 4.85. The molecule has 0 radical (unpaired) electrons. The number of amides is 1. The molecule has 0 saturated heterocycles. The van der Waals surface area contributed by atoms with Crippen molar-refractivity contribution >= 4 is 56.8 Å². The first-order valence-electron chi connectivity index (χ1n) is 8.55. The molecule has 0 atom stereocenters. The van der Waals surface area contributed by atoms with Gasteiger partial charge in [0.25, 0.3) is 0 Å². The minimum absolute atomic E-state index is 0. The van der Waals surface area contributed by atoms with Gasteiger partial charge in [0, 0.05) is 12.4 Å². The van der Waals surface area contributed by atoms with Gasteiger partial charge in [-0.1, -0.05) is 22.7 Å². The van der Waals surface area contributed by atoms with Gasteiger partial charge in [-0.2, -0.15) is 5.10 Å². The molecule has 0 aliphatic rings. The van der Waals surface area contributed by atoms with Crippen molar-refractivity contribution in [1.82, 2.24) is 24.2 Å². The zero-order valence-corrected chi connectivity index (χ0v) is 18.7. The van der Waals surface area contributed by atoms with E-state index in [0.717, 1.165) is 9.75 Å². The molecule has 3 N–H and O–H groups in total. The normalized spacial score (nSPS) is 11.0. The van der Waals surface area contributed by atoms with E-state index in [-0.39, 0.29) is 25.6 Å². The van der Waals surface area contributed by atoms with Gasteiger partial charge in [-0.05, 0) is 13.8 Å². The summed E-state index contributed by atoms with van der Waals surface area (Å²) in [5, 5.41) is 23.3. The summed E-state index contributed by atoms with van der Waals surface area (Å²) < 4.78 is 8.32. The molecule has 0 unspecified atom stereocenters. The molecule has 0 spiro atoms. The standard InChI is InChI=1S/C17H18N6O4S2.ClH/c1-8-13(22-4-10(6-24)28-15(22)18-8)12(20-21-17(26)27-3)14-9(2)19-16-23(14)5-11(7-25)29-16;/h4-5,24-25H,6-7H2,1-3H3,(H,21,26);1H. The van der Waals surface area contributed by atoms with Gasteiger partial charge in [0.15, 0.2) is 9.92 Å². The third-order valence-electron chi connectivity index (χ3n) is 4.30. The van der Waals surface area contributed by atoms with Crippen molar-refractivity contribution < 1.29 is 19.7 Å². The van der Waals surface area contributed by atoms with Gasteiger partial charge in [0.05, 0.1) is 52.9 Å². The van der Waals surface area contributed by atoms with Gasteiger partial charge in [0.1, 0.15) is 5.71 Å². The van der Waals surface area contributed by atoms with Crippen LogP contribution in [0, 0.1) is 13.8 Å². The van der Waals surface area contributed by atoms with Crippen LogP contribution in [0.5, 0.6) is 0 Å². The molecule has 0 aromatic carbocycles. The van der Waals surface area contributed by atoms with Crippen LogP contribution in [0.3, 0.4) is 0 Å². The number of hydrogen-bond acceptors (Lipinski definition) is 9. The van der Waals surface area contributed by atoms with Crippen molar-refractivity contribution in [3.63, 3.8) is 0 Å². The highest BCUT2D eigenvalue weighted by molar-refractivity contribution is 7.17. The summed E-state index contributed by atoms with van der Waals surface area (Å²) in [6.07, 6.45) is 2.88. The molecule has 0 saturated carbocycles. The van der Waals surface area contributed by atoms with Crippen molar-refractivity contribution in [2.45, 2.75) is 27.1 Å². The van der Waals surface area contributed by atoms with Gasteiger partial charge in [-0.25, -0.2) is 20.2 Å². The number of hydrazone groups is 1. The lowest BCUT2D eigenvalue weighted by Crippen LogP contribution is -2.22. The first kappa shape index (κ1) is 22.2. The Morgan fingerprint density at radius 1 is 1.07 bits per heavy atom. The Balaban J connectivity index is 0.00000256. The summed E-state index contributed by atoms with van der Waals surface area (Å²) in [4.78, 5) is 23.8. The Kier molecular flexibility index (Phi) is 6.43. The fourth-order valence-electron chi connectivity index (χ4n) is 3.08. The minimum atomic E-state index is -0.706. The SMILES string of the molecule is COC(=O)NN=C(c1c(C)nc2sc(CO)cn12)c1c(C)nc2sc(CO)cn12.Cl. The van der Waals surface area contributed by atoms with Crippen LogP contribution in [0.1, 0.15) is 32.5 Å². The number of carbonyl (C=O) groups is 1. The molecule has 4 aromatic heterocycles. The maximum Gasteiger partial charge on any atom is 0.427 e. The largest absolute Gasteiger partial charge is 0.452 e. The third kappa shape index (κ3) is 3.68. The van der Waals surface area contributed by atoms with E-state index in [2.05, 4.69) is 25.2 Å². The molecule has 0 aliphatic carbocycles. The molecule has 10 nitrogen and oxygen atoms in total. The Morgan fingerprint density at radius 3 is 1.93 bits per heavy atom. The monoisotopic (exact) mass is 470 g/mol. The molecular formula is C17H19ClN6O4S2. The zero-order chi connectivity index (χ0) is 20.7. The zero-order valence-electron chi connectivity index (χ0n) is 16.2. The molecule has 0 bridgehead atoms. The highest BCUT2D eigenvalue weighted by atomic mass is 35.5. The molecule has 4 heterocycles. The number of nitrogens with one attached hydrogen (secondary N) is 1. The van der Waals surface area contributed by atoms with E-state index >= 15 is 0 Å². The average Bonchev–Trinajstić information content (AvgIpc) is 3.42. The molecular weight excluding hydrogens is 452 g/mol. The van der Waals surface area contributed by atoms with E-state index in [1.165, 1.54) is 29.8 Å². The number of imidazole rings is 2. The number of aliphatic hydroxyl groups excluding tert-OH is 2. The number of hydrogen-bond donors (Lipinski definition) is 3. The van der Waals surface area contributed by atoms with Crippen LogP contribution in [-0.4, -0.2) is 47.9 Å². The lowest BCUT2D eigenvalue weighted by atomic mass is 10.1. The predicted octanol–water partition coefficient (Wildman–Crippen LogP) is 2.24. The van der Waals surface area contributed by atoms with E-state index in [9.17, 15) is 15.0 Å². The van der Waals surface area contributed by atoms with Crippen LogP contribution >= 0.6 is 35.1 Å². The number of halogens is 1. The summed E-state index contributed by atoms with van der Waals surface area (Å²) in [6.45, 7) is 3.50. The molecule has 4 aromatic rings. The molecule has 0 fully saturated rings. The molecule has 0 aliphatic heterocycles. The quantitative estimate of drug-likeness (QED) is 0.303. The second-order valence-corrected chi connectivity index (χ2v) is 8.36. The third-order valence-corrected chi connectivity index (χ3v) is 6.24. The fraction of sp³-hybridized carbons (Fsp3) is 0.294. The summed E-state index contributed by atoms with van der Waals surface area (Å²) in [6, 6.07) is 0. The summed E-state index contributed by atoms with van der Waals surface area (Å²) >= 11 is 2.75. The maximum absolute atomic E-state index is 11.7. The molecule has 30 heavy (non-hydrogen) atoms. The number of carbonyl (C=O) groups excluding carboxylic acids is 1. The molecule has 1 amide bonds. The van der Waals surface area contributed by atoms with Crippen LogP contribution in [0.25, 0.3) is 9.92 Å². The number of methoxy groups -OCH3 is 1. The number of ether oxygens (including phenoxy) is 1. The van der Waals surface area contributed by atoms with Gasteiger partial charge in [0.2, 0.25) is 0 Å². The Morgan fingerprint density at radius 2 is 1.53 bits per heavy atom. The lowest BCUT2D eigenvalue weighted by molar-refractivity contribution is 0.171. The van der Waals surface area contributed by atoms with Gasteiger partial charge >= 0.3 is 6.09 Å². The van der Waals surface area contributed by atoms with E-state index in [1.807, 2.05) is 22.6 Å². The Labute approximate surface area is 184 Å². The van der Waals surface area contributed by atoms with E-state index in [1.54, 1.807) is 12.4 Å². The summed E-state index contributed by atoms with van der Waals surface area (Å²) in [5.74, 6) is 0. The highest BCUT2D eigenvalue weighted by Gasteiger charge is 2.25. The Bertz CT molecular complexity index is 1170. The lowest BCUT2D eigenvalue weighted by Gasteiger charge is -2.08. The molecule has 160 valence electrons. The second kappa shape index (κ2) is 8.70. The average molecular weight is 471 g/mol. The van der Waals surface area contributed by atoms with Gasteiger partial charge in [-0.3, -0.25) is 8.80 Å². The summed E-state index contributed by atoms with van der Waals surface area (Å²) in [7, 11) is 1.26. The smallest absolute Gasteiger partial charge is 0.427 e. The molecule has 13 heteroatoms. The van der Waals surface area contributed by atoms with Crippen molar-refractivity contribution in [3.8, 4) is 0 Å². The second-order valence-electron chi connectivity index (χ2n) is 6.17. The Hall–Kier alpha value is -2.51. The number of aryl methyl sites for hydroxylation is 2. The summed E-state index contributed by atoms with van der Waals surface area (Å²) in [5.41, 5.74) is 5.56. The van der Waals surface area contributed by atoms with Crippen LogP contribution < -0.4 is 5.43 Å². The van der Waals surface area contributed by atoms with Crippen LogP contribution in [0.15, 0.2) is 17.5 Å². The van der Waals surface area contributed by atoms with Crippen molar-refractivity contribution in [3.05, 3.63) is 44.9 Å². The predicted molar refractivity (Wildman–Crippen MR) is 116 cm³/mol. The number of nitrogens with zero attached hydrogens (tertiary/aromatic N) is 5. The van der Waals surface area contributed by atoms with Crippen LogP contribution in [0.2, 0.25) is 0 Å². The number of rotatable bonds is 5. The van der Waals surface area contributed by atoms with Crippen molar-refractivity contribution in [1.29, 1.82) is 0 Å². The minimum Gasteiger partial charge on any atom is -0.452 e. The molecule has 4 rings (SSSR count). The maximum atomic E-state index is 11.7. The van der Waals surface area contributed by atoms with Crippen LogP contribution in [-0.2, 0) is 18.0 Å². The van der Waals surface area contributed by atoms with Crippen molar-refractivity contribution in [2.24, 2.45) is 5.10 Å². The number of fused-ring (bicyclic) bond motifs is 2. The van der Waals surface area contributed by atoms with Gasteiger partial charge in [-0.15, -0.1) is 12.4 Å². The number of aliphatic hydroxyl groups is 2. The van der Waals surface area contributed by atoms with E-state index in [4.69, 9.17) is 0 Å². The van der Waals surface area contributed by atoms with E-state index in [0.29, 0.717) is 38.4 Å². The first-order chi connectivity index (χ1) is 14.0. The first-order valence-corrected chi connectivity index (χ1v) is 10.2. The van der Waals surface area contributed by atoms with Crippen molar-refractivity contribution in [2.75, 3.05) is 7.11 Å². The highest BCUT2D eigenvalue weighted by Crippen LogP contribution is 2.27. The number of aromatic nitrogens is 4. The topological polar surface area (TPSA) is 126 Å².